The lowest BCUT2D eigenvalue weighted by atomic mass is 10.1. The van der Waals surface area contributed by atoms with Gasteiger partial charge in [0.15, 0.2) is 5.11 Å². The summed E-state index contributed by atoms with van der Waals surface area (Å²) in [5, 5.41) is 12.2. The zero-order valence-electron chi connectivity index (χ0n) is 14.0. The molecular weight excluding hydrogens is 359 g/mol. The monoisotopic (exact) mass is 377 g/mol. The molecule has 0 radical (unpaired) electrons. The highest BCUT2D eigenvalue weighted by Gasteiger charge is 2.31. The van der Waals surface area contributed by atoms with Gasteiger partial charge < -0.3 is 10.2 Å². The summed E-state index contributed by atoms with van der Waals surface area (Å²) in [6.07, 6.45) is -3.55. The molecular formula is C19H18F3N3S. The quantitative estimate of drug-likeness (QED) is 0.750. The minimum absolute atomic E-state index is 0.150. The second-order valence-corrected chi connectivity index (χ2v) is 5.96. The van der Waals surface area contributed by atoms with Gasteiger partial charge in [-0.15, -0.1) is 0 Å². The summed E-state index contributed by atoms with van der Waals surface area (Å²) in [6, 6.07) is 16.7. The largest absolute Gasteiger partial charge is 0.416 e. The molecule has 0 fully saturated rings. The molecule has 0 bridgehead atoms. The predicted molar refractivity (Wildman–Crippen MR) is 99.8 cm³/mol. The van der Waals surface area contributed by atoms with Crippen LogP contribution >= 0.6 is 12.2 Å². The molecule has 2 aromatic carbocycles. The van der Waals surface area contributed by atoms with E-state index in [0.29, 0.717) is 17.3 Å². The Labute approximate surface area is 156 Å². The fourth-order valence-corrected chi connectivity index (χ4v) is 2.71. The number of alkyl halides is 3. The molecule has 0 spiro atoms. The van der Waals surface area contributed by atoms with Crippen LogP contribution in [0.5, 0.6) is 0 Å². The molecule has 0 atom stereocenters. The van der Waals surface area contributed by atoms with Crippen LogP contribution in [-0.2, 0) is 12.6 Å². The summed E-state index contributed by atoms with van der Waals surface area (Å²) >= 11 is 5.35. The van der Waals surface area contributed by atoms with Crippen LogP contribution in [-0.4, -0.2) is 18.2 Å². The molecule has 0 saturated carbocycles. The molecule has 0 unspecified atom stereocenters. The van der Waals surface area contributed by atoms with Crippen molar-refractivity contribution in [1.29, 1.82) is 5.26 Å². The van der Waals surface area contributed by atoms with Crippen molar-refractivity contribution in [3.63, 3.8) is 0 Å². The van der Waals surface area contributed by atoms with E-state index in [-0.39, 0.29) is 13.0 Å². The number of nitrogens with zero attached hydrogens (tertiary/aromatic N) is 2. The Balaban J connectivity index is 2.08. The molecule has 136 valence electrons. The lowest BCUT2D eigenvalue weighted by molar-refractivity contribution is -0.137. The fraction of sp³-hybridized carbons (Fsp3) is 0.263. The smallest absolute Gasteiger partial charge is 0.362 e. The highest BCUT2D eigenvalue weighted by atomic mass is 32.1. The summed E-state index contributed by atoms with van der Waals surface area (Å²) < 4.78 is 38.9. The maximum Gasteiger partial charge on any atom is 0.416 e. The number of hydrogen-bond donors (Lipinski definition) is 1. The van der Waals surface area contributed by atoms with Crippen molar-refractivity contribution in [2.75, 3.05) is 18.0 Å². The van der Waals surface area contributed by atoms with Gasteiger partial charge in [-0.25, -0.2) is 0 Å². The summed E-state index contributed by atoms with van der Waals surface area (Å²) in [4.78, 5) is 1.53. The van der Waals surface area contributed by atoms with Crippen LogP contribution in [0.4, 0.5) is 18.9 Å². The van der Waals surface area contributed by atoms with Crippen LogP contribution in [0, 0.1) is 11.3 Å². The molecule has 0 aliphatic rings. The first-order valence-electron chi connectivity index (χ1n) is 8.05. The number of benzene rings is 2. The van der Waals surface area contributed by atoms with Crippen LogP contribution in [0.2, 0.25) is 0 Å². The van der Waals surface area contributed by atoms with E-state index < -0.39 is 11.7 Å². The fourth-order valence-electron chi connectivity index (χ4n) is 2.41. The van der Waals surface area contributed by atoms with E-state index in [1.807, 2.05) is 36.4 Å². The minimum atomic E-state index is -4.43. The number of rotatable bonds is 6. The highest BCUT2D eigenvalue weighted by Crippen LogP contribution is 2.31. The minimum Gasteiger partial charge on any atom is -0.362 e. The number of anilines is 1. The molecule has 2 aromatic rings. The molecule has 0 aliphatic carbocycles. The van der Waals surface area contributed by atoms with Crippen molar-refractivity contribution in [3.05, 3.63) is 65.7 Å². The predicted octanol–water partition coefficient (Wildman–Crippen LogP) is 4.54. The second kappa shape index (κ2) is 9.20. The molecule has 7 heteroatoms. The Bertz CT molecular complexity index is 770. The van der Waals surface area contributed by atoms with E-state index in [1.165, 1.54) is 11.0 Å². The summed E-state index contributed by atoms with van der Waals surface area (Å²) in [5.74, 6) is 0. The van der Waals surface area contributed by atoms with Gasteiger partial charge in [-0.1, -0.05) is 36.4 Å². The first kappa shape index (κ1) is 19.7. The van der Waals surface area contributed by atoms with E-state index in [0.717, 1.165) is 24.1 Å². The van der Waals surface area contributed by atoms with Gasteiger partial charge in [0.25, 0.3) is 0 Å². The van der Waals surface area contributed by atoms with Gasteiger partial charge in [0, 0.05) is 18.8 Å². The summed E-state index contributed by atoms with van der Waals surface area (Å²) in [6.45, 7) is 0.764. The Morgan fingerprint density at radius 2 is 1.85 bits per heavy atom. The second-order valence-electron chi connectivity index (χ2n) is 5.58. The van der Waals surface area contributed by atoms with Gasteiger partial charge in [0.05, 0.1) is 18.1 Å². The van der Waals surface area contributed by atoms with Gasteiger partial charge in [0.2, 0.25) is 0 Å². The van der Waals surface area contributed by atoms with Gasteiger partial charge in [-0.05, 0) is 42.4 Å². The highest BCUT2D eigenvalue weighted by molar-refractivity contribution is 7.80. The zero-order valence-corrected chi connectivity index (χ0v) is 14.8. The Morgan fingerprint density at radius 1 is 1.12 bits per heavy atom. The third kappa shape index (κ3) is 5.74. The molecule has 0 aromatic heterocycles. The van der Waals surface area contributed by atoms with Gasteiger partial charge >= 0.3 is 6.18 Å². The molecule has 2 rings (SSSR count). The Hall–Kier alpha value is -2.59. The normalized spacial score (nSPS) is 10.8. The van der Waals surface area contributed by atoms with Crippen molar-refractivity contribution in [3.8, 4) is 6.07 Å². The number of thiocarbonyl (C=S) groups is 1. The maximum atomic E-state index is 13.0. The van der Waals surface area contributed by atoms with Crippen molar-refractivity contribution in [2.24, 2.45) is 0 Å². The van der Waals surface area contributed by atoms with Crippen molar-refractivity contribution in [1.82, 2.24) is 5.32 Å². The molecule has 3 nitrogen and oxygen atoms in total. The summed E-state index contributed by atoms with van der Waals surface area (Å²) in [7, 11) is 0. The van der Waals surface area contributed by atoms with Crippen LogP contribution in [0.25, 0.3) is 0 Å². The van der Waals surface area contributed by atoms with E-state index in [2.05, 4.69) is 5.32 Å². The van der Waals surface area contributed by atoms with E-state index in [1.54, 1.807) is 6.07 Å². The number of halogens is 3. The molecule has 1 N–H and O–H groups in total. The summed E-state index contributed by atoms with van der Waals surface area (Å²) in [5.41, 5.74) is 0.696. The van der Waals surface area contributed by atoms with Crippen LogP contribution in [0.15, 0.2) is 54.6 Å². The van der Waals surface area contributed by atoms with Crippen LogP contribution < -0.4 is 10.2 Å². The average molecular weight is 377 g/mol. The van der Waals surface area contributed by atoms with E-state index in [9.17, 15) is 13.2 Å². The molecule has 0 saturated heterocycles. The number of hydrogen-bond acceptors (Lipinski definition) is 2. The third-order valence-electron chi connectivity index (χ3n) is 3.71. The third-order valence-corrected chi connectivity index (χ3v) is 4.07. The van der Waals surface area contributed by atoms with Crippen LogP contribution in [0.3, 0.4) is 0 Å². The van der Waals surface area contributed by atoms with Crippen LogP contribution in [0.1, 0.15) is 17.5 Å². The Kier molecular flexibility index (Phi) is 6.98. The molecule has 26 heavy (non-hydrogen) atoms. The standard InChI is InChI=1S/C19H18F3N3S/c20-19(21,22)16-8-4-9-17(14-16)25(13-5-11-23)18(26)24-12-10-15-6-2-1-3-7-15/h1-4,6-9,14H,5,10,12-13H2,(H,24,26). The molecule has 0 aliphatic heterocycles. The average Bonchev–Trinajstić information content (AvgIpc) is 2.62. The maximum absolute atomic E-state index is 13.0. The van der Waals surface area contributed by atoms with Crippen molar-refractivity contribution >= 4 is 23.0 Å². The number of nitriles is 1. The van der Waals surface area contributed by atoms with Crippen molar-refractivity contribution in [2.45, 2.75) is 19.0 Å². The lowest BCUT2D eigenvalue weighted by Gasteiger charge is -2.26. The topological polar surface area (TPSA) is 39.1 Å². The van der Waals surface area contributed by atoms with Gasteiger partial charge in [-0.3, -0.25) is 0 Å². The van der Waals surface area contributed by atoms with Gasteiger partial charge in [0.1, 0.15) is 0 Å². The van der Waals surface area contributed by atoms with E-state index >= 15 is 0 Å². The first-order chi connectivity index (χ1) is 12.4. The first-order valence-corrected chi connectivity index (χ1v) is 8.46. The van der Waals surface area contributed by atoms with Gasteiger partial charge in [-0.2, -0.15) is 18.4 Å². The molecule has 0 heterocycles. The number of nitrogens with one attached hydrogen (secondary N) is 1. The van der Waals surface area contributed by atoms with Crippen molar-refractivity contribution < 1.29 is 13.2 Å². The zero-order chi connectivity index (χ0) is 19.0. The lowest BCUT2D eigenvalue weighted by Crippen LogP contribution is -2.41. The Morgan fingerprint density at radius 3 is 2.50 bits per heavy atom. The SMILES string of the molecule is N#CCCN(C(=S)NCCc1ccccc1)c1cccc(C(F)(F)F)c1. The van der Waals surface area contributed by atoms with E-state index in [4.69, 9.17) is 17.5 Å². The molecule has 0 amide bonds.